The van der Waals surface area contributed by atoms with Crippen molar-refractivity contribution in [1.82, 2.24) is 10.2 Å². The van der Waals surface area contributed by atoms with Crippen LogP contribution in [0.4, 0.5) is 0 Å². The van der Waals surface area contributed by atoms with Crippen LogP contribution in [-0.2, 0) is 24.3 Å². The van der Waals surface area contributed by atoms with E-state index in [1.54, 1.807) is 0 Å². The maximum absolute atomic E-state index is 12.4. The highest BCUT2D eigenvalue weighted by molar-refractivity contribution is 7.14. The predicted molar refractivity (Wildman–Crippen MR) is 96.4 cm³/mol. The highest BCUT2D eigenvalue weighted by Gasteiger charge is 2.23. The molecule has 1 aromatic heterocycles. The van der Waals surface area contributed by atoms with Crippen LogP contribution in [-0.4, -0.2) is 23.3 Å². The molecule has 2 heterocycles. The first kappa shape index (κ1) is 17.0. The van der Waals surface area contributed by atoms with E-state index in [1.807, 2.05) is 42.2 Å². The highest BCUT2D eigenvalue weighted by Crippen LogP contribution is 2.28. The number of carbonyl (C=O) groups excluding carboxylic acids is 2. The van der Waals surface area contributed by atoms with Crippen LogP contribution in [0.15, 0.2) is 30.3 Å². The van der Waals surface area contributed by atoms with E-state index >= 15 is 0 Å². The number of carbonyl (C=O) groups is 2. The summed E-state index contributed by atoms with van der Waals surface area (Å²) in [5, 5.41) is 3.59. The molecule has 0 atom stereocenters. The molecule has 1 aromatic carbocycles. The standard InChI is InChI=1S/C18H19ClN2O2S/c1-2-17(22)21-7-6-15-13(11-21)9-16(24-15)18(23)20-10-12-4-3-5-14(19)8-12/h3-5,8-9H,2,6-7,10-11H2,1H3,(H,20,23). The Labute approximate surface area is 150 Å². The second-order valence-electron chi connectivity index (χ2n) is 5.79. The van der Waals surface area contributed by atoms with E-state index in [1.165, 1.54) is 16.2 Å². The minimum Gasteiger partial charge on any atom is -0.347 e. The average molecular weight is 363 g/mol. The van der Waals surface area contributed by atoms with E-state index in [9.17, 15) is 9.59 Å². The molecular formula is C18H19ClN2O2S. The Balaban J connectivity index is 1.65. The number of fused-ring (bicyclic) bond motifs is 1. The number of amides is 2. The minimum absolute atomic E-state index is 0.0808. The normalized spacial score (nSPS) is 13.5. The van der Waals surface area contributed by atoms with E-state index in [-0.39, 0.29) is 11.8 Å². The Morgan fingerprint density at radius 1 is 1.33 bits per heavy atom. The zero-order chi connectivity index (χ0) is 17.1. The van der Waals surface area contributed by atoms with Crippen LogP contribution in [0.25, 0.3) is 0 Å². The lowest BCUT2D eigenvalue weighted by Gasteiger charge is -2.26. The molecular weight excluding hydrogens is 344 g/mol. The molecule has 2 aromatic rings. The fourth-order valence-electron chi connectivity index (χ4n) is 2.80. The third-order valence-corrected chi connectivity index (χ3v) is 5.56. The van der Waals surface area contributed by atoms with Crippen LogP contribution >= 0.6 is 22.9 Å². The third kappa shape index (κ3) is 3.79. The van der Waals surface area contributed by atoms with Gasteiger partial charge < -0.3 is 10.2 Å². The van der Waals surface area contributed by atoms with Crippen molar-refractivity contribution in [3.63, 3.8) is 0 Å². The molecule has 1 N–H and O–H groups in total. The first-order valence-corrected chi connectivity index (χ1v) is 9.18. The second-order valence-corrected chi connectivity index (χ2v) is 7.36. The SMILES string of the molecule is CCC(=O)N1CCc2sc(C(=O)NCc3cccc(Cl)c3)cc2C1. The van der Waals surface area contributed by atoms with E-state index in [2.05, 4.69) is 5.32 Å². The van der Waals surface area contributed by atoms with Gasteiger partial charge in [0.1, 0.15) is 0 Å². The van der Waals surface area contributed by atoms with Crippen LogP contribution in [0.5, 0.6) is 0 Å². The number of halogens is 1. The Bertz CT molecular complexity index is 772. The zero-order valence-electron chi connectivity index (χ0n) is 13.5. The van der Waals surface area contributed by atoms with Crippen LogP contribution in [0.2, 0.25) is 5.02 Å². The molecule has 1 aliphatic heterocycles. The lowest BCUT2D eigenvalue weighted by Crippen LogP contribution is -2.34. The summed E-state index contributed by atoms with van der Waals surface area (Å²) in [5.41, 5.74) is 2.07. The molecule has 2 amide bonds. The van der Waals surface area contributed by atoms with E-state index < -0.39 is 0 Å². The van der Waals surface area contributed by atoms with Crippen molar-refractivity contribution >= 4 is 34.8 Å². The molecule has 0 bridgehead atoms. The van der Waals surface area contributed by atoms with Gasteiger partial charge in [-0.15, -0.1) is 11.3 Å². The van der Waals surface area contributed by atoms with Crippen LogP contribution in [0.1, 0.15) is 39.0 Å². The number of nitrogens with zero attached hydrogens (tertiary/aromatic N) is 1. The van der Waals surface area contributed by atoms with E-state index in [4.69, 9.17) is 11.6 Å². The quantitative estimate of drug-likeness (QED) is 0.902. The van der Waals surface area contributed by atoms with Crippen molar-refractivity contribution in [2.75, 3.05) is 6.54 Å². The molecule has 24 heavy (non-hydrogen) atoms. The van der Waals surface area contributed by atoms with Gasteiger partial charge in [-0.1, -0.05) is 30.7 Å². The maximum atomic E-state index is 12.4. The van der Waals surface area contributed by atoms with Crippen molar-refractivity contribution in [2.24, 2.45) is 0 Å². The van der Waals surface area contributed by atoms with Gasteiger partial charge in [0.25, 0.3) is 5.91 Å². The molecule has 0 spiro atoms. The van der Waals surface area contributed by atoms with Gasteiger partial charge in [-0.05, 0) is 35.7 Å². The average Bonchev–Trinajstić information content (AvgIpc) is 3.02. The van der Waals surface area contributed by atoms with Crippen molar-refractivity contribution in [2.45, 2.75) is 32.9 Å². The van der Waals surface area contributed by atoms with Crippen LogP contribution < -0.4 is 5.32 Å². The van der Waals surface area contributed by atoms with Gasteiger partial charge in [0.2, 0.25) is 5.91 Å². The molecule has 1 aliphatic rings. The molecule has 0 aliphatic carbocycles. The second kappa shape index (κ2) is 7.36. The number of thiophene rings is 1. The topological polar surface area (TPSA) is 49.4 Å². The fraction of sp³-hybridized carbons (Fsp3) is 0.333. The summed E-state index contributed by atoms with van der Waals surface area (Å²) in [7, 11) is 0. The molecule has 126 valence electrons. The number of benzene rings is 1. The summed E-state index contributed by atoms with van der Waals surface area (Å²) in [4.78, 5) is 28.0. The molecule has 0 saturated heterocycles. The molecule has 0 fully saturated rings. The highest BCUT2D eigenvalue weighted by atomic mass is 35.5. The number of hydrogen-bond acceptors (Lipinski definition) is 3. The number of nitrogens with one attached hydrogen (secondary N) is 1. The summed E-state index contributed by atoms with van der Waals surface area (Å²) in [5.74, 6) is 0.0848. The summed E-state index contributed by atoms with van der Waals surface area (Å²) >= 11 is 7.48. The predicted octanol–water partition coefficient (Wildman–Crippen LogP) is 3.63. The molecule has 0 unspecified atom stereocenters. The number of rotatable bonds is 4. The van der Waals surface area contributed by atoms with Gasteiger partial charge in [-0.25, -0.2) is 0 Å². The van der Waals surface area contributed by atoms with E-state index in [0.717, 1.165) is 24.1 Å². The summed E-state index contributed by atoms with van der Waals surface area (Å²) in [6.45, 7) is 3.67. The first-order valence-electron chi connectivity index (χ1n) is 7.99. The summed E-state index contributed by atoms with van der Waals surface area (Å²) < 4.78 is 0. The fourth-order valence-corrected chi connectivity index (χ4v) is 4.09. The molecule has 0 radical (unpaired) electrons. The zero-order valence-corrected chi connectivity index (χ0v) is 15.0. The van der Waals surface area contributed by atoms with Crippen molar-refractivity contribution in [3.05, 3.63) is 56.2 Å². The monoisotopic (exact) mass is 362 g/mol. The van der Waals surface area contributed by atoms with Gasteiger partial charge in [0.05, 0.1) is 4.88 Å². The Morgan fingerprint density at radius 2 is 2.17 bits per heavy atom. The van der Waals surface area contributed by atoms with Gasteiger partial charge in [0.15, 0.2) is 0 Å². The van der Waals surface area contributed by atoms with Gasteiger partial charge in [-0.2, -0.15) is 0 Å². The minimum atomic E-state index is -0.0808. The Morgan fingerprint density at radius 3 is 2.92 bits per heavy atom. The lowest BCUT2D eigenvalue weighted by molar-refractivity contribution is -0.131. The summed E-state index contributed by atoms with van der Waals surface area (Å²) in [6, 6.07) is 9.37. The smallest absolute Gasteiger partial charge is 0.261 e. The van der Waals surface area contributed by atoms with E-state index in [0.29, 0.717) is 29.4 Å². The van der Waals surface area contributed by atoms with Gasteiger partial charge in [0, 0.05) is 36.0 Å². The molecule has 6 heteroatoms. The Kier molecular flexibility index (Phi) is 5.21. The Hall–Kier alpha value is -1.85. The van der Waals surface area contributed by atoms with Crippen molar-refractivity contribution in [1.29, 1.82) is 0 Å². The third-order valence-electron chi connectivity index (χ3n) is 4.09. The molecule has 4 nitrogen and oxygen atoms in total. The molecule has 0 saturated carbocycles. The summed E-state index contributed by atoms with van der Waals surface area (Å²) in [6.07, 6.45) is 1.35. The van der Waals surface area contributed by atoms with Crippen LogP contribution in [0, 0.1) is 0 Å². The van der Waals surface area contributed by atoms with Gasteiger partial charge >= 0.3 is 0 Å². The lowest BCUT2D eigenvalue weighted by atomic mass is 10.1. The number of hydrogen-bond donors (Lipinski definition) is 1. The first-order chi connectivity index (χ1) is 11.6. The van der Waals surface area contributed by atoms with Crippen molar-refractivity contribution < 1.29 is 9.59 Å². The van der Waals surface area contributed by atoms with Crippen molar-refractivity contribution in [3.8, 4) is 0 Å². The van der Waals surface area contributed by atoms with Crippen LogP contribution in [0.3, 0.4) is 0 Å². The maximum Gasteiger partial charge on any atom is 0.261 e. The molecule has 3 rings (SSSR count). The largest absolute Gasteiger partial charge is 0.347 e. The van der Waals surface area contributed by atoms with Gasteiger partial charge in [-0.3, -0.25) is 9.59 Å².